The highest BCUT2D eigenvalue weighted by atomic mass is 35.5. The number of anilines is 5. The molecule has 3 N–H and O–H groups in total. The smallest absolute Gasteiger partial charge is 0.323 e. The molecular weight excluding hydrogens is 412 g/mol. The van der Waals surface area contributed by atoms with Gasteiger partial charge in [-0.1, -0.05) is 17.7 Å². The normalized spacial score (nSPS) is 10.5. The van der Waals surface area contributed by atoms with Crippen LogP contribution in [0.25, 0.3) is 0 Å². The van der Waals surface area contributed by atoms with Crippen LogP contribution in [0, 0.1) is 13.8 Å². The third-order valence-corrected chi connectivity index (χ3v) is 5.01. The molecule has 0 saturated carbocycles. The molecule has 0 saturated heterocycles. The van der Waals surface area contributed by atoms with E-state index in [0.29, 0.717) is 22.3 Å². The second-order valence-corrected chi connectivity index (χ2v) is 7.54. The van der Waals surface area contributed by atoms with Crippen LogP contribution < -0.4 is 20.9 Å². The van der Waals surface area contributed by atoms with Crippen LogP contribution in [0.5, 0.6) is 0 Å². The van der Waals surface area contributed by atoms with Gasteiger partial charge in [0.05, 0.1) is 10.7 Å². The van der Waals surface area contributed by atoms with Crippen LogP contribution in [0.1, 0.15) is 25.1 Å². The molecule has 3 aromatic rings. The summed E-state index contributed by atoms with van der Waals surface area (Å²) in [5.74, 6) is 1.43. The van der Waals surface area contributed by atoms with Crippen molar-refractivity contribution in [2.45, 2.75) is 27.7 Å². The number of nitrogens with zero attached hydrogens (tertiary/aromatic N) is 3. The molecule has 1 aromatic heterocycles. The van der Waals surface area contributed by atoms with Gasteiger partial charge < -0.3 is 20.9 Å². The van der Waals surface area contributed by atoms with Crippen LogP contribution in [0.15, 0.2) is 48.5 Å². The van der Waals surface area contributed by atoms with Gasteiger partial charge in [0, 0.05) is 36.2 Å². The zero-order chi connectivity index (χ0) is 22.4. The van der Waals surface area contributed by atoms with Crippen LogP contribution in [0.3, 0.4) is 0 Å². The van der Waals surface area contributed by atoms with Crippen LogP contribution in [0.2, 0.25) is 5.02 Å². The van der Waals surface area contributed by atoms with Crippen LogP contribution in [-0.4, -0.2) is 29.1 Å². The molecule has 8 heteroatoms. The van der Waals surface area contributed by atoms with Crippen LogP contribution in [0.4, 0.5) is 33.6 Å². The third-order valence-electron chi connectivity index (χ3n) is 4.70. The number of amides is 2. The lowest BCUT2D eigenvalue weighted by Crippen LogP contribution is -2.23. The van der Waals surface area contributed by atoms with E-state index in [1.54, 1.807) is 24.3 Å². The highest BCUT2D eigenvalue weighted by molar-refractivity contribution is 6.33. The van der Waals surface area contributed by atoms with E-state index in [1.807, 2.05) is 38.1 Å². The van der Waals surface area contributed by atoms with Gasteiger partial charge in [0.2, 0.25) is 5.95 Å². The van der Waals surface area contributed by atoms with Crippen molar-refractivity contribution in [3.05, 3.63) is 64.8 Å². The average molecular weight is 439 g/mol. The van der Waals surface area contributed by atoms with Gasteiger partial charge in [-0.2, -0.15) is 4.98 Å². The Kier molecular flexibility index (Phi) is 7.31. The Balaban J connectivity index is 1.64. The maximum Gasteiger partial charge on any atom is 0.323 e. The monoisotopic (exact) mass is 438 g/mol. The SMILES string of the molecule is CCN(CC)c1cc(C)nc(Nc2ccc(NC(=O)Nc3ccc(C)cc3Cl)cc2)n1. The fraction of sp³-hybridized carbons (Fsp3) is 0.261. The minimum absolute atomic E-state index is 0.364. The molecule has 1 heterocycles. The summed E-state index contributed by atoms with van der Waals surface area (Å²) in [5.41, 5.74) is 3.96. The Bertz CT molecular complexity index is 1050. The third kappa shape index (κ3) is 6.08. The molecule has 3 rings (SSSR count). The van der Waals surface area contributed by atoms with E-state index in [-0.39, 0.29) is 6.03 Å². The number of halogens is 1. The summed E-state index contributed by atoms with van der Waals surface area (Å²) >= 11 is 6.17. The molecule has 0 aliphatic rings. The van der Waals surface area contributed by atoms with E-state index in [1.165, 1.54) is 0 Å². The second kappa shape index (κ2) is 10.1. The first-order valence-electron chi connectivity index (χ1n) is 10.2. The van der Waals surface area contributed by atoms with Crippen molar-refractivity contribution in [3.8, 4) is 0 Å². The first-order chi connectivity index (χ1) is 14.9. The molecular formula is C23H27ClN6O. The van der Waals surface area contributed by atoms with Gasteiger partial charge in [0.25, 0.3) is 0 Å². The second-order valence-electron chi connectivity index (χ2n) is 7.13. The number of hydrogen-bond acceptors (Lipinski definition) is 5. The maximum absolute atomic E-state index is 12.3. The Labute approximate surface area is 187 Å². The van der Waals surface area contributed by atoms with Crippen molar-refractivity contribution in [1.29, 1.82) is 0 Å². The summed E-state index contributed by atoms with van der Waals surface area (Å²) in [4.78, 5) is 23.5. The number of carbonyl (C=O) groups is 1. The summed E-state index contributed by atoms with van der Waals surface area (Å²) in [7, 11) is 0. The van der Waals surface area contributed by atoms with Crippen molar-refractivity contribution in [2.24, 2.45) is 0 Å². The lowest BCUT2D eigenvalue weighted by Gasteiger charge is -2.20. The number of rotatable bonds is 7. The van der Waals surface area contributed by atoms with Gasteiger partial charge in [0.15, 0.2) is 0 Å². The summed E-state index contributed by atoms with van der Waals surface area (Å²) in [6, 6.07) is 14.4. The summed E-state index contributed by atoms with van der Waals surface area (Å²) in [5, 5.41) is 9.27. The van der Waals surface area contributed by atoms with Crippen molar-refractivity contribution >= 4 is 46.5 Å². The Morgan fingerprint density at radius 2 is 1.61 bits per heavy atom. The summed E-state index contributed by atoms with van der Waals surface area (Å²) in [6.07, 6.45) is 0. The van der Waals surface area contributed by atoms with Crippen molar-refractivity contribution in [2.75, 3.05) is 33.9 Å². The molecule has 162 valence electrons. The number of benzene rings is 2. The highest BCUT2D eigenvalue weighted by Gasteiger charge is 2.09. The molecule has 0 fully saturated rings. The first kappa shape index (κ1) is 22.4. The minimum atomic E-state index is -0.364. The fourth-order valence-electron chi connectivity index (χ4n) is 3.09. The molecule has 0 atom stereocenters. The van der Waals surface area contributed by atoms with Gasteiger partial charge in [-0.15, -0.1) is 0 Å². The lowest BCUT2D eigenvalue weighted by atomic mass is 10.2. The fourth-order valence-corrected chi connectivity index (χ4v) is 3.37. The number of carbonyl (C=O) groups excluding carboxylic acids is 1. The van der Waals surface area contributed by atoms with Gasteiger partial charge >= 0.3 is 6.03 Å². The van der Waals surface area contributed by atoms with Gasteiger partial charge in [0.1, 0.15) is 5.82 Å². The molecule has 31 heavy (non-hydrogen) atoms. The van der Waals surface area contributed by atoms with E-state index in [9.17, 15) is 4.79 Å². The molecule has 0 spiro atoms. The molecule has 7 nitrogen and oxygen atoms in total. The van der Waals surface area contributed by atoms with Crippen LogP contribution in [-0.2, 0) is 0 Å². The van der Waals surface area contributed by atoms with Crippen molar-refractivity contribution in [1.82, 2.24) is 9.97 Å². The first-order valence-corrected chi connectivity index (χ1v) is 10.6. The Hall–Kier alpha value is -3.32. The largest absolute Gasteiger partial charge is 0.357 e. The van der Waals surface area contributed by atoms with E-state index in [4.69, 9.17) is 11.6 Å². The molecule has 2 aromatic carbocycles. The van der Waals surface area contributed by atoms with E-state index < -0.39 is 0 Å². The topological polar surface area (TPSA) is 82.2 Å². The zero-order valence-corrected chi connectivity index (χ0v) is 18.9. The highest BCUT2D eigenvalue weighted by Crippen LogP contribution is 2.23. The quantitative estimate of drug-likeness (QED) is 0.422. The molecule has 0 aliphatic carbocycles. The Morgan fingerprint density at radius 1 is 0.935 bits per heavy atom. The van der Waals surface area contributed by atoms with Crippen molar-refractivity contribution in [3.63, 3.8) is 0 Å². The van der Waals surface area contributed by atoms with Gasteiger partial charge in [-0.05, 0) is 69.7 Å². The van der Waals surface area contributed by atoms with E-state index in [2.05, 4.69) is 44.7 Å². The number of hydrogen-bond donors (Lipinski definition) is 3. The number of aromatic nitrogens is 2. The number of aryl methyl sites for hydroxylation is 2. The zero-order valence-electron chi connectivity index (χ0n) is 18.2. The number of nitrogens with one attached hydrogen (secondary N) is 3. The van der Waals surface area contributed by atoms with E-state index in [0.717, 1.165) is 35.9 Å². The Morgan fingerprint density at radius 3 is 2.26 bits per heavy atom. The molecule has 0 aliphatic heterocycles. The molecule has 0 radical (unpaired) electrons. The lowest BCUT2D eigenvalue weighted by molar-refractivity contribution is 0.262. The summed E-state index contributed by atoms with van der Waals surface area (Å²) in [6.45, 7) is 9.85. The molecule has 0 bridgehead atoms. The van der Waals surface area contributed by atoms with Gasteiger partial charge in [-0.3, -0.25) is 0 Å². The average Bonchev–Trinajstić information content (AvgIpc) is 2.72. The predicted octanol–water partition coefficient (Wildman–Crippen LogP) is 5.98. The van der Waals surface area contributed by atoms with Gasteiger partial charge in [-0.25, -0.2) is 9.78 Å². The standard InChI is InChI=1S/C23H27ClN6O/c1-5-30(6-2)21-14-16(4)25-22(29-21)26-17-8-10-18(11-9-17)27-23(31)28-20-12-7-15(3)13-19(20)24/h7-14H,5-6H2,1-4H3,(H,25,26,29)(H2,27,28,31). The maximum atomic E-state index is 12.3. The predicted molar refractivity (Wildman–Crippen MR) is 129 cm³/mol. The summed E-state index contributed by atoms with van der Waals surface area (Å²) < 4.78 is 0. The molecule has 0 unspecified atom stereocenters. The van der Waals surface area contributed by atoms with E-state index >= 15 is 0 Å². The number of urea groups is 1. The molecule has 2 amide bonds. The van der Waals surface area contributed by atoms with Crippen LogP contribution >= 0.6 is 11.6 Å². The van der Waals surface area contributed by atoms with Crippen molar-refractivity contribution < 1.29 is 4.79 Å². The minimum Gasteiger partial charge on any atom is -0.357 e.